The summed E-state index contributed by atoms with van der Waals surface area (Å²) in [6.07, 6.45) is 3.79. The summed E-state index contributed by atoms with van der Waals surface area (Å²) >= 11 is 1.64. The molecule has 1 fully saturated rings. The zero-order valence-corrected chi connectivity index (χ0v) is 12.8. The van der Waals surface area contributed by atoms with E-state index in [4.69, 9.17) is 0 Å². The number of nitrogens with one attached hydrogen (secondary N) is 1. The first-order chi connectivity index (χ1) is 10.2. The Hall–Kier alpha value is -1.49. The lowest BCUT2D eigenvalue weighted by molar-refractivity contribution is -0.144. The molecule has 2 N–H and O–H groups in total. The quantitative estimate of drug-likeness (QED) is 0.793. The highest BCUT2D eigenvalue weighted by atomic mass is 32.2. The second-order valence-electron chi connectivity index (χ2n) is 5.31. The fourth-order valence-electron chi connectivity index (χ4n) is 2.66. The van der Waals surface area contributed by atoms with E-state index in [-0.39, 0.29) is 11.9 Å². The molecule has 21 heavy (non-hydrogen) atoms. The highest BCUT2D eigenvalue weighted by Crippen LogP contribution is 2.25. The van der Waals surface area contributed by atoms with Gasteiger partial charge in [0, 0.05) is 23.1 Å². The summed E-state index contributed by atoms with van der Waals surface area (Å²) in [5, 5.41) is 12.1. The third-order valence-electron chi connectivity index (χ3n) is 3.77. The minimum Gasteiger partial charge on any atom is -0.481 e. The van der Waals surface area contributed by atoms with Crippen molar-refractivity contribution < 1.29 is 14.7 Å². The molecule has 0 radical (unpaired) electrons. The molecular formula is C16H21NO3S. The van der Waals surface area contributed by atoms with Gasteiger partial charge < -0.3 is 10.4 Å². The average molecular weight is 307 g/mol. The van der Waals surface area contributed by atoms with E-state index in [0.29, 0.717) is 18.6 Å². The Labute approximate surface area is 129 Å². The molecule has 0 bridgehead atoms. The number of hydrogen-bond acceptors (Lipinski definition) is 3. The van der Waals surface area contributed by atoms with Gasteiger partial charge in [-0.05, 0) is 25.0 Å². The van der Waals surface area contributed by atoms with Crippen molar-refractivity contribution in [2.75, 3.05) is 5.75 Å². The van der Waals surface area contributed by atoms with E-state index in [9.17, 15) is 14.7 Å². The van der Waals surface area contributed by atoms with E-state index in [1.165, 1.54) is 0 Å². The molecule has 0 saturated heterocycles. The number of carbonyl (C=O) groups is 2. The molecule has 0 heterocycles. The molecule has 1 aliphatic rings. The molecule has 1 saturated carbocycles. The predicted octanol–water partition coefficient (Wildman–Crippen LogP) is 2.93. The largest absolute Gasteiger partial charge is 0.481 e. The number of thioether (sulfide) groups is 1. The lowest BCUT2D eigenvalue weighted by Gasteiger charge is -2.29. The maximum absolute atomic E-state index is 12.0. The molecule has 0 aliphatic heterocycles. The van der Waals surface area contributed by atoms with Crippen LogP contribution in [0.25, 0.3) is 0 Å². The van der Waals surface area contributed by atoms with Crippen LogP contribution >= 0.6 is 11.8 Å². The molecule has 1 aromatic rings. The molecule has 1 aromatic carbocycles. The SMILES string of the molecule is O=C(CCSc1ccccc1)NC1CCCCC1C(=O)O. The van der Waals surface area contributed by atoms with Crippen LogP contribution in [-0.4, -0.2) is 28.8 Å². The highest BCUT2D eigenvalue weighted by molar-refractivity contribution is 7.99. The molecule has 2 atom stereocenters. The van der Waals surface area contributed by atoms with Crippen LogP contribution in [0.2, 0.25) is 0 Å². The van der Waals surface area contributed by atoms with Gasteiger partial charge in [0.15, 0.2) is 0 Å². The monoisotopic (exact) mass is 307 g/mol. The molecule has 2 unspecified atom stereocenters. The summed E-state index contributed by atoms with van der Waals surface area (Å²) in [6, 6.07) is 9.75. The van der Waals surface area contributed by atoms with Crippen molar-refractivity contribution in [3.63, 3.8) is 0 Å². The number of benzene rings is 1. The Morgan fingerprint density at radius 2 is 1.90 bits per heavy atom. The fourth-order valence-corrected chi connectivity index (χ4v) is 3.53. The van der Waals surface area contributed by atoms with Crippen LogP contribution in [0.4, 0.5) is 0 Å². The third kappa shape index (κ3) is 5.08. The minimum atomic E-state index is -0.793. The molecule has 0 spiro atoms. The van der Waals surface area contributed by atoms with Crippen LogP contribution in [-0.2, 0) is 9.59 Å². The van der Waals surface area contributed by atoms with Gasteiger partial charge in [-0.25, -0.2) is 0 Å². The molecule has 4 nitrogen and oxygen atoms in total. The first kappa shape index (κ1) is 15.9. The molecule has 1 aliphatic carbocycles. The van der Waals surface area contributed by atoms with Crippen molar-refractivity contribution in [1.82, 2.24) is 5.32 Å². The van der Waals surface area contributed by atoms with E-state index in [1.807, 2.05) is 30.3 Å². The summed E-state index contributed by atoms with van der Waals surface area (Å²) in [6.45, 7) is 0. The van der Waals surface area contributed by atoms with Crippen molar-refractivity contribution in [3.8, 4) is 0 Å². The van der Waals surface area contributed by atoms with Crippen LogP contribution in [0.5, 0.6) is 0 Å². The van der Waals surface area contributed by atoms with Gasteiger partial charge in [0.2, 0.25) is 5.91 Å². The van der Waals surface area contributed by atoms with Gasteiger partial charge in [-0.3, -0.25) is 9.59 Å². The number of amides is 1. The summed E-state index contributed by atoms with van der Waals surface area (Å²) in [4.78, 5) is 24.3. The van der Waals surface area contributed by atoms with E-state index in [2.05, 4.69) is 5.32 Å². The van der Waals surface area contributed by atoms with Gasteiger partial charge in [0.25, 0.3) is 0 Å². The van der Waals surface area contributed by atoms with Crippen molar-refractivity contribution in [1.29, 1.82) is 0 Å². The summed E-state index contributed by atoms with van der Waals surface area (Å²) in [5.74, 6) is -0.556. The zero-order chi connectivity index (χ0) is 15.1. The summed E-state index contributed by atoms with van der Waals surface area (Å²) in [5.41, 5.74) is 0. The van der Waals surface area contributed by atoms with Gasteiger partial charge in [0.05, 0.1) is 5.92 Å². The smallest absolute Gasteiger partial charge is 0.308 e. The minimum absolute atomic E-state index is 0.0448. The van der Waals surface area contributed by atoms with E-state index in [1.54, 1.807) is 11.8 Å². The lowest BCUT2D eigenvalue weighted by Crippen LogP contribution is -2.45. The lowest BCUT2D eigenvalue weighted by atomic mass is 9.84. The van der Waals surface area contributed by atoms with Gasteiger partial charge in [-0.1, -0.05) is 31.0 Å². The van der Waals surface area contributed by atoms with Gasteiger partial charge >= 0.3 is 5.97 Å². The van der Waals surface area contributed by atoms with Gasteiger partial charge in [0.1, 0.15) is 0 Å². The Morgan fingerprint density at radius 3 is 2.62 bits per heavy atom. The Morgan fingerprint density at radius 1 is 1.19 bits per heavy atom. The summed E-state index contributed by atoms with van der Waals surface area (Å²) < 4.78 is 0. The first-order valence-corrected chi connectivity index (χ1v) is 8.35. The van der Waals surface area contributed by atoms with Crippen molar-refractivity contribution in [2.45, 2.75) is 43.0 Å². The van der Waals surface area contributed by atoms with Gasteiger partial charge in [-0.2, -0.15) is 0 Å². The Bertz CT molecular complexity index is 478. The van der Waals surface area contributed by atoms with E-state index in [0.717, 1.165) is 24.2 Å². The molecule has 5 heteroatoms. The van der Waals surface area contributed by atoms with E-state index < -0.39 is 11.9 Å². The molecule has 114 valence electrons. The van der Waals surface area contributed by atoms with Crippen LogP contribution < -0.4 is 5.32 Å². The maximum Gasteiger partial charge on any atom is 0.308 e. The first-order valence-electron chi connectivity index (χ1n) is 7.37. The normalized spacial score (nSPS) is 21.7. The topological polar surface area (TPSA) is 66.4 Å². The average Bonchev–Trinajstić information content (AvgIpc) is 2.48. The zero-order valence-electron chi connectivity index (χ0n) is 12.0. The van der Waals surface area contributed by atoms with Crippen LogP contribution in [0.15, 0.2) is 35.2 Å². The number of carboxylic acid groups (broad SMARTS) is 1. The summed E-state index contributed by atoms with van der Waals surface area (Å²) in [7, 11) is 0. The van der Waals surface area contributed by atoms with Gasteiger partial charge in [-0.15, -0.1) is 11.8 Å². The van der Waals surface area contributed by atoms with E-state index >= 15 is 0 Å². The van der Waals surface area contributed by atoms with Crippen molar-refractivity contribution in [2.24, 2.45) is 5.92 Å². The number of carboxylic acids is 1. The third-order valence-corrected chi connectivity index (χ3v) is 4.78. The van der Waals surface area contributed by atoms with Crippen molar-refractivity contribution >= 4 is 23.6 Å². The highest BCUT2D eigenvalue weighted by Gasteiger charge is 2.31. The Kier molecular flexibility index (Phi) is 6.11. The number of rotatable bonds is 6. The second-order valence-corrected chi connectivity index (χ2v) is 6.48. The van der Waals surface area contributed by atoms with Crippen LogP contribution in [0, 0.1) is 5.92 Å². The van der Waals surface area contributed by atoms with Crippen LogP contribution in [0.3, 0.4) is 0 Å². The molecule has 2 rings (SSSR count). The molecular weight excluding hydrogens is 286 g/mol. The number of aliphatic carboxylic acids is 1. The van der Waals surface area contributed by atoms with Crippen LogP contribution in [0.1, 0.15) is 32.1 Å². The number of carbonyl (C=O) groups excluding carboxylic acids is 1. The predicted molar refractivity (Wildman–Crippen MR) is 83.3 cm³/mol. The standard InChI is InChI=1S/C16H21NO3S/c18-15(10-11-21-12-6-2-1-3-7-12)17-14-9-5-4-8-13(14)16(19)20/h1-3,6-7,13-14H,4-5,8-11H2,(H,17,18)(H,19,20). The fraction of sp³-hybridized carbons (Fsp3) is 0.500. The van der Waals surface area contributed by atoms with Crippen molar-refractivity contribution in [3.05, 3.63) is 30.3 Å². The molecule has 1 amide bonds. The Balaban J connectivity index is 1.74. The second kappa shape index (κ2) is 8.08. The molecule has 0 aromatic heterocycles. The number of hydrogen-bond donors (Lipinski definition) is 2. The maximum atomic E-state index is 12.0.